The molecule has 0 saturated carbocycles. The van der Waals surface area contributed by atoms with Gasteiger partial charge >= 0.3 is 0 Å². The molecule has 4 heteroatoms. The van der Waals surface area contributed by atoms with Gasteiger partial charge in [0.05, 0.1) is 16.6 Å². The minimum Gasteiger partial charge on any atom is -0.325 e. The second-order valence-electron chi connectivity index (χ2n) is 5.09. The third-order valence-corrected chi connectivity index (χ3v) is 4.10. The van der Waals surface area contributed by atoms with Gasteiger partial charge in [-0.25, -0.2) is 0 Å². The summed E-state index contributed by atoms with van der Waals surface area (Å²) in [5, 5.41) is 4.76. The molecule has 0 atom stereocenters. The number of carbonyl (C=O) groups is 2. The number of anilines is 1. The highest BCUT2D eigenvalue weighted by atomic mass is 79.9. The smallest absolute Gasteiger partial charge is 0.235 e. The molecule has 0 aliphatic rings. The molecule has 0 heterocycles. The van der Waals surface area contributed by atoms with Crippen LogP contribution in [0.25, 0.3) is 10.8 Å². The van der Waals surface area contributed by atoms with Gasteiger partial charge in [-0.3, -0.25) is 9.59 Å². The molecule has 1 amide bonds. The summed E-state index contributed by atoms with van der Waals surface area (Å²) < 4.78 is 0. The standard InChI is InChI=1S/C19H14BrNO2/c20-12-17(22)21-16-11-10-13-6-4-5-9-15(13)18(16)19(23)14-7-2-1-3-8-14/h1-11H,12H2,(H,21,22). The third-order valence-electron chi connectivity index (χ3n) is 3.59. The SMILES string of the molecule is O=C(CBr)Nc1ccc2ccccc2c1C(=O)c1ccccc1. The van der Waals surface area contributed by atoms with Crippen molar-refractivity contribution in [1.29, 1.82) is 0 Å². The van der Waals surface area contributed by atoms with Gasteiger partial charge in [0, 0.05) is 5.56 Å². The molecule has 0 aliphatic carbocycles. The predicted molar refractivity (Wildman–Crippen MR) is 96.2 cm³/mol. The molecule has 0 saturated heterocycles. The van der Waals surface area contributed by atoms with E-state index in [1.54, 1.807) is 18.2 Å². The molecular formula is C19H14BrNO2. The zero-order valence-electron chi connectivity index (χ0n) is 12.3. The number of benzene rings is 3. The van der Waals surface area contributed by atoms with Crippen LogP contribution in [0, 0.1) is 0 Å². The number of ketones is 1. The van der Waals surface area contributed by atoms with Crippen LogP contribution < -0.4 is 5.32 Å². The van der Waals surface area contributed by atoms with E-state index in [0.717, 1.165) is 10.8 Å². The molecule has 0 bridgehead atoms. The maximum atomic E-state index is 13.0. The highest BCUT2D eigenvalue weighted by Crippen LogP contribution is 2.28. The van der Waals surface area contributed by atoms with Gasteiger partial charge in [0.1, 0.15) is 0 Å². The van der Waals surface area contributed by atoms with Crippen LogP contribution in [0.15, 0.2) is 66.7 Å². The van der Waals surface area contributed by atoms with E-state index < -0.39 is 0 Å². The van der Waals surface area contributed by atoms with Crippen molar-refractivity contribution in [3.05, 3.63) is 77.9 Å². The lowest BCUT2D eigenvalue weighted by Gasteiger charge is -2.13. The fourth-order valence-electron chi connectivity index (χ4n) is 2.54. The maximum absolute atomic E-state index is 13.0. The van der Waals surface area contributed by atoms with Gasteiger partial charge in [-0.15, -0.1) is 0 Å². The molecule has 0 spiro atoms. The summed E-state index contributed by atoms with van der Waals surface area (Å²) in [6, 6.07) is 20.4. The first-order valence-electron chi connectivity index (χ1n) is 7.18. The summed E-state index contributed by atoms with van der Waals surface area (Å²) in [7, 11) is 0. The molecule has 0 aromatic heterocycles. The zero-order chi connectivity index (χ0) is 16.2. The van der Waals surface area contributed by atoms with Crippen molar-refractivity contribution in [1.82, 2.24) is 0 Å². The van der Waals surface area contributed by atoms with E-state index in [1.807, 2.05) is 48.5 Å². The summed E-state index contributed by atoms with van der Waals surface area (Å²) in [6.45, 7) is 0. The minimum atomic E-state index is -0.192. The fraction of sp³-hybridized carbons (Fsp3) is 0.0526. The molecule has 0 unspecified atom stereocenters. The van der Waals surface area contributed by atoms with E-state index in [9.17, 15) is 9.59 Å². The second kappa shape index (κ2) is 6.75. The van der Waals surface area contributed by atoms with Gasteiger partial charge in [0.2, 0.25) is 5.91 Å². The van der Waals surface area contributed by atoms with Gasteiger partial charge in [-0.05, 0) is 16.8 Å². The maximum Gasteiger partial charge on any atom is 0.235 e. The lowest BCUT2D eigenvalue weighted by molar-refractivity contribution is -0.113. The number of amides is 1. The largest absolute Gasteiger partial charge is 0.325 e. The van der Waals surface area contributed by atoms with Crippen molar-refractivity contribution in [2.24, 2.45) is 0 Å². The molecule has 1 N–H and O–H groups in total. The number of halogens is 1. The molecule has 3 rings (SSSR count). The van der Waals surface area contributed by atoms with E-state index in [2.05, 4.69) is 21.2 Å². The number of hydrogen-bond acceptors (Lipinski definition) is 2. The van der Waals surface area contributed by atoms with Gasteiger partial charge in [-0.2, -0.15) is 0 Å². The summed E-state index contributed by atoms with van der Waals surface area (Å²) in [5.74, 6) is -0.297. The molecule has 114 valence electrons. The molecule has 0 aliphatic heterocycles. The molecule has 0 fully saturated rings. The lowest BCUT2D eigenvalue weighted by Crippen LogP contribution is -2.16. The lowest BCUT2D eigenvalue weighted by atomic mass is 9.95. The normalized spacial score (nSPS) is 10.5. The summed E-state index contributed by atoms with van der Waals surface area (Å²) in [6.07, 6.45) is 0. The average molecular weight is 368 g/mol. The van der Waals surface area contributed by atoms with Crippen molar-refractivity contribution >= 4 is 44.1 Å². The molecular weight excluding hydrogens is 354 g/mol. The molecule has 3 nitrogen and oxygen atoms in total. The van der Waals surface area contributed by atoms with Crippen molar-refractivity contribution in [2.45, 2.75) is 0 Å². The quantitative estimate of drug-likeness (QED) is 0.548. The minimum absolute atomic E-state index is 0.104. The monoisotopic (exact) mass is 367 g/mol. The van der Waals surface area contributed by atoms with E-state index >= 15 is 0 Å². The third kappa shape index (κ3) is 3.17. The number of rotatable bonds is 4. The Hall–Kier alpha value is -2.46. The van der Waals surface area contributed by atoms with E-state index in [0.29, 0.717) is 16.8 Å². The molecule has 3 aromatic carbocycles. The Morgan fingerprint density at radius 3 is 2.30 bits per heavy atom. The average Bonchev–Trinajstić information content (AvgIpc) is 2.61. The molecule has 3 aromatic rings. The van der Waals surface area contributed by atoms with Crippen molar-refractivity contribution in [3.63, 3.8) is 0 Å². The number of nitrogens with one attached hydrogen (secondary N) is 1. The Balaban J connectivity index is 2.20. The van der Waals surface area contributed by atoms with Crippen molar-refractivity contribution in [3.8, 4) is 0 Å². The van der Waals surface area contributed by atoms with Gasteiger partial charge < -0.3 is 5.32 Å². The summed E-state index contributed by atoms with van der Waals surface area (Å²) in [5.41, 5.74) is 1.64. The topological polar surface area (TPSA) is 46.2 Å². The molecule has 0 radical (unpaired) electrons. The Morgan fingerprint density at radius 2 is 1.57 bits per heavy atom. The first kappa shape index (κ1) is 15.4. The first-order chi connectivity index (χ1) is 11.2. The van der Waals surface area contributed by atoms with Crippen LogP contribution in [0.4, 0.5) is 5.69 Å². The number of alkyl halides is 1. The molecule has 23 heavy (non-hydrogen) atoms. The number of fused-ring (bicyclic) bond motifs is 1. The Morgan fingerprint density at radius 1 is 0.870 bits per heavy atom. The van der Waals surface area contributed by atoms with Crippen LogP contribution in [0.1, 0.15) is 15.9 Å². The zero-order valence-corrected chi connectivity index (χ0v) is 13.8. The summed E-state index contributed by atoms with van der Waals surface area (Å²) in [4.78, 5) is 24.7. The Labute approximate surface area is 142 Å². The van der Waals surface area contributed by atoms with E-state index in [1.165, 1.54) is 0 Å². The van der Waals surface area contributed by atoms with Crippen LogP contribution in [-0.2, 0) is 4.79 Å². The van der Waals surface area contributed by atoms with Gasteiger partial charge in [0.15, 0.2) is 5.78 Å². The highest BCUT2D eigenvalue weighted by Gasteiger charge is 2.18. The Kier molecular flexibility index (Phi) is 4.53. The van der Waals surface area contributed by atoms with Gasteiger partial charge in [0.25, 0.3) is 0 Å². The fourth-order valence-corrected chi connectivity index (χ4v) is 2.68. The second-order valence-corrected chi connectivity index (χ2v) is 5.65. The first-order valence-corrected chi connectivity index (χ1v) is 8.30. The van der Waals surface area contributed by atoms with Gasteiger partial charge in [-0.1, -0.05) is 76.6 Å². The summed E-state index contributed by atoms with van der Waals surface area (Å²) >= 11 is 3.13. The van der Waals surface area contributed by atoms with Crippen LogP contribution in [0.2, 0.25) is 0 Å². The van der Waals surface area contributed by atoms with Crippen molar-refractivity contribution in [2.75, 3.05) is 10.6 Å². The van der Waals surface area contributed by atoms with E-state index in [-0.39, 0.29) is 17.0 Å². The van der Waals surface area contributed by atoms with Crippen LogP contribution in [0.5, 0.6) is 0 Å². The van der Waals surface area contributed by atoms with Crippen LogP contribution in [0.3, 0.4) is 0 Å². The number of hydrogen-bond donors (Lipinski definition) is 1. The van der Waals surface area contributed by atoms with Crippen LogP contribution in [-0.4, -0.2) is 17.0 Å². The Bertz CT molecular complexity index is 875. The van der Waals surface area contributed by atoms with Crippen LogP contribution >= 0.6 is 15.9 Å². The van der Waals surface area contributed by atoms with Crippen molar-refractivity contribution < 1.29 is 9.59 Å². The highest BCUT2D eigenvalue weighted by molar-refractivity contribution is 9.09. The van der Waals surface area contributed by atoms with E-state index in [4.69, 9.17) is 0 Å². The predicted octanol–water partition coefficient (Wildman–Crippen LogP) is 4.40. The number of carbonyl (C=O) groups excluding carboxylic acids is 2.